The Labute approximate surface area is 95.9 Å². The molecule has 0 aliphatic carbocycles. The summed E-state index contributed by atoms with van der Waals surface area (Å²) in [4.78, 5) is 10.7. The fraction of sp³-hybridized carbons (Fsp3) is 0.583. The molecule has 16 heavy (non-hydrogen) atoms. The van der Waals surface area contributed by atoms with Crippen molar-refractivity contribution >= 4 is 5.95 Å². The van der Waals surface area contributed by atoms with E-state index in [1.807, 2.05) is 0 Å². The summed E-state index contributed by atoms with van der Waals surface area (Å²) in [6, 6.07) is 4.14. The Bertz CT molecular complexity index is 410. The third-order valence-corrected chi connectivity index (χ3v) is 3.39. The predicted molar refractivity (Wildman–Crippen MR) is 62.0 cm³/mol. The lowest BCUT2D eigenvalue weighted by molar-refractivity contribution is 0.359. The molecular weight excluding hydrogens is 200 g/mol. The van der Waals surface area contributed by atoms with Crippen LogP contribution in [-0.2, 0) is 0 Å². The van der Waals surface area contributed by atoms with Gasteiger partial charge in [0.25, 0.3) is 0 Å². The molecule has 1 aliphatic rings. The van der Waals surface area contributed by atoms with Gasteiger partial charge in [-0.25, -0.2) is 9.97 Å². The number of nitrogens with zero attached hydrogens (tertiary/aromatic N) is 4. The Kier molecular flexibility index (Phi) is 3.04. The second kappa shape index (κ2) is 4.48. The summed E-state index contributed by atoms with van der Waals surface area (Å²) in [5.74, 6) is 1.35. The number of anilines is 1. The standard InChI is InChI=1S/C12H16N4/c1-9-4-3-7-16(10(9)2)12-14-6-5-11(8-13)15-12/h5-6,9-10H,3-4,7H2,1-2H3. The quantitative estimate of drug-likeness (QED) is 0.720. The van der Waals surface area contributed by atoms with Gasteiger partial charge in [-0.3, -0.25) is 0 Å². The van der Waals surface area contributed by atoms with Crippen molar-refractivity contribution in [3.63, 3.8) is 0 Å². The average molecular weight is 216 g/mol. The summed E-state index contributed by atoms with van der Waals surface area (Å²) in [5, 5.41) is 8.82. The second-order valence-corrected chi connectivity index (χ2v) is 4.41. The Hall–Kier alpha value is -1.63. The van der Waals surface area contributed by atoms with Crippen LogP contribution in [0.4, 0.5) is 5.95 Å². The van der Waals surface area contributed by atoms with E-state index in [4.69, 9.17) is 5.26 Å². The topological polar surface area (TPSA) is 52.8 Å². The molecule has 0 spiro atoms. The van der Waals surface area contributed by atoms with E-state index in [1.165, 1.54) is 12.8 Å². The summed E-state index contributed by atoms with van der Waals surface area (Å²) in [6.07, 6.45) is 4.09. The molecule has 2 atom stereocenters. The van der Waals surface area contributed by atoms with E-state index in [-0.39, 0.29) is 0 Å². The molecule has 0 bridgehead atoms. The van der Waals surface area contributed by atoms with Gasteiger partial charge in [-0.15, -0.1) is 0 Å². The summed E-state index contributed by atoms with van der Waals surface area (Å²) in [5.41, 5.74) is 0.440. The van der Waals surface area contributed by atoms with Crippen LogP contribution in [-0.4, -0.2) is 22.6 Å². The SMILES string of the molecule is CC1CCCN(c2nccc(C#N)n2)C1C. The highest BCUT2D eigenvalue weighted by atomic mass is 15.3. The molecule has 84 valence electrons. The molecule has 1 saturated heterocycles. The van der Waals surface area contributed by atoms with E-state index in [2.05, 4.69) is 34.8 Å². The molecule has 0 aromatic carbocycles. The van der Waals surface area contributed by atoms with Crippen molar-refractivity contribution in [3.8, 4) is 6.07 Å². The normalized spacial score (nSPS) is 25.2. The molecule has 0 N–H and O–H groups in total. The molecule has 4 heteroatoms. The second-order valence-electron chi connectivity index (χ2n) is 4.41. The Morgan fingerprint density at radius 2 is 2.31 bits per heavy atom. The van der Waals surface area contributed by atoms with Crippen LogP contribution in [0.2, 0.25) is 0 Å². The maximum absolute atomic E-state index is 8.82. The lowest BCUT2D eigenvalue weighted by Gasteiger charge is -2.37. The van der Waals surface area contributed by atoms with Gasteiger partial charge in [0.15, 0.2) is 0 Å². The van der Waals surface area contributed by atoms with Gasteiger partial charge in [-0.2, -0.15) is 5.26 Å². The number of nitriles is 1. The first-order valence-corrected chi connectivity index (χ1v) is 5.72. The monoisotopic (exact) mass is 216 g/mol. The first-order valence-electron chi connectivity index (χ1n) is 5.72. The molecule has 4 nitrogen and oxygen atoms in total. The van der Waals surface area contributed by atoms with Crippen LogP contribution < -0.4 is 4.90 Å². The van der Waals surface area contributed by atoms with E-state index in [0.29, 0.717) is 23.6 Å². The van der Waals surface area contributed by atoms with E-state index >= 15 is 0 Å². The lowest BCUT2D eigenvalue weighted by Crippen LogP contribution is -2.43. The van der Waals surface area contributed by atoms with Crippen molar-refractivity contribution in [1.29, 1.82) is 5.26 Å². The molecular formula is C12H16N4. The highest BCUT2D eigenvalue weighted by Crippen LogP contribution is 2.25. The Balaban J connectivity index is 2.26. The number of hydrogen-bond donors (Lipinski definition) is 0. The minimum absolute atomic E-state index is 0.440. The zero-order chi connectivity index (χ0) is 11.5. The smallest absolute Gasteiger partial charge is 0.226 e. The summed E-state index contributed by atoms with van der Waals surface area (Å²) in [7, 11) is 0. The van der Waals surface area contributed by atoms with Crippen molar-refractivity contribution < 1.29 is 0 Å². The van der Waals surface area contributed by atoms with Crippen molar-refractivity contribution in [3.05, 3.63) is 18.0 Å². The first-order chi connectivity index (χ1) is 7.72. The van der Waals surface area contributed by atoms with Crippen LogP contribution in [0.25, 0.3) is 0 Å². The molecule has 1 aliphatic heterocycles. The molecule has 0 radical (unpaired) electrons. The van der Waals surface area contributed by atoms with Crippen LogP contribution in [0.15, 0.2) is 12.3 Å². The Morgan fingerprint density at radius 3 is 3.06 bits per heavy atom. The molecule has 1 fully saturated rings. The lowest BCUT2D eigenvalue weighted by atomic mass is 9.92. The minimum Gasteiger partial charge on any atom is -0.338 e. The fourth-order valence-corrected chi connectivity index (χ4v) is 2.17. The van der Waals surface area contributed by atoms with E-state index in [9.17, 15) is 0 Å². The van der Waals surface area contributed by atoms with E-state index in [0.717, 1.165) is 6.54 Å². The van der Waals surface area contributed by atoms with Crippen LogP contribution in [0.5, 0.6) is 0 Å². The van der Waals surface area contributed by atoms with Gasteiger partial charge in [-0.1, -0.05) is 6.92 Å². The van der Waals surface area contributed by atoms with Crippen LogP contribution in [0, 0.1) is 17.2 Å². The summed E-state index contributed by atoms with van der Waals surface area (Å²) < 4.78 is 0. The Morgan fingerprint density at radius 1 is 1.50 bits per heavy atom. The fourth-order valence-electron chi connectivity index (χ4n) is 2.17. The zero-order valence-electron chi connectivity index (χ0n) is 9.72. The summed E-state index contributed by atoms with van der Waals surface area (Å²) >= 11 is 0. The van der Waals surface area contributed by atoms with Crippen LogP contribution in [0.3, 0.4) is 0 Å². The van der Waals surface area contributed by atoms with E-state index in [1.54, 1.807) is 12.3 Å². The molecule has 2 heterocycles. The first kappa shape index (κ1) is 10.9. The third-order valence-electron chi connectivity index (χ3n) is 3.39. The molecule has 1 aromatic rings. The van der Waals surface area contributed by atoms with Crippen molar-refractivity contribution in [2.75, 3.05) is 11.4 Å². The molecule has 2 unspecified atom stereocenters. The number of hydrogen-bond acceptors (Lipinski definition) is 4. The zero-order valence-corrected chi connectivity index (χ0v) is 9.72. The average Bonchev–Trinajstić information content (AvgIpc) is 2.33. The van der Waals surface area contributed by atoms with Gasteiger partial charge in [-0.05, 0) is 31.7 Å². The largest absolute Gasteiger partial charge is 0.338 e. The highest BCUT2D eigenvalue weighted by molar-refractivity contribution is 5.35. The highest BCUT2D eigenvalue weighted by Gasteiger charge is 2.26. The minimum atomic E-state index is 0.440. The van der Waals surface area contributed by atoms with Crippen LogP contribution >= 0.6 is 0 Å². The van der Waals surface area contributed by atoms with Gasteiger partial charge in [0, 0.05) is 18.8 Å². The third kappa shape index (κ3) is 1.99. The number of aromatic nitrogens is 2. The van der Waals surface area contributed by atoms with Crippen LogP contribution in [0.1, 0.15) is 32.4 Å². The van der Waals surface area contributed by atoms with Gasteiger partial charge in [0.2, 0.25) is 5.95 Å². The molecule has 1 aromatic heterocycles. The molecule has 0 amide bonds. The number of rotatable bonds is 1. The van der Waals surface area contributed by atoms with Crippen molar-refractivity contribution in [2.45, 2.75) is 32.7 Å². The van der Waals surface area contributed by atoms with Crippen molar-refractivity contribution in [1.82, 2.24) is 9.97 Å². The van der Waals surface area contributed by atoms with Gasteiger partial charge in [0.1, 0.15) is 11.8 Å². The summed E-state index contributed by atoms with van der Waals surface area (Å²) in [6.45, 7) is 5.44. The number of piperidine rings is 1. The van der Waals surface area contributed by atoms with E-state index < -0.39 is 0 Å². The molecule has 2 rings (SSSR count). The molecule has 0 saturated carbocycles. The predicted octanol–water partition coefficient (Wildman–Crippen LogP) is 1.97. The van der Waals surface area contributed by atoms with Gasteiger partial charge >= 0.3 is 0 Å². The van der Waals surface area contributed by atoms with Gasteiger partial charge < -0.3 is 4.90 Å². The van der Waals surface area contributed by atoms with Gasteiger partial charge in [0.05, 0.1) is 0 Å². The maximum atomic E-state index is 8.82. The maximum Gasteiger partial charge on any atom is 0.226 e. The van der Waals surface area contributed by atoms with Crippen molar-refractivity contribution in [2.24, 2.45) is 5.92 Å².